The van der Waals surface area contributed by atoms with Crippen LogP contribution < -0.4 is 10.1 Å². The molecule has 0 spiro atoms. The van der Waals surface area contributed by atoms with Crippen LogP contribution in [0.1, 0.15) is 39.7 Å². The SMILES string of the molecule is CCC(C)(C)NC(=O)C(C)Oc1cc(F)cc(CO)c1. The number of hydrogen-bond acceptors (Lipinski definition) is 3. The maximum atomic E-state index is 13.3. The Morgan fingerprint density at radius 3 is 2.65 bits per heavy atom. The van der Waals surface area contributed by atoms with Crippen LogP contribution in [0.5, 0.6) is 5.75 Å². The molecule has 1 unspecified atom stereocenters. The molecule has 1 aromatic carbocycles. The fourth-order valence-electron chi connectivity index (χ4n) is 1.56. The predicted octanol–water partition coefficient (Wildman–Crippen LogP) is 2.39. The summed E-state index contributed by atoms with van der Waals surface area (Å²) in [6.45, 7) is 7.14. The normalized spacial score (nSPS) is 12.9. The largest absolute Gasteiger partial charge is 0.481 e. The quantitative estimate of drug-likeness (QED) is 0.842. The second kappa shape index (κ2) is 6.70. The van der Waals surface area contributed by atoms with Gasteiger partial charge in [-0.1, -0.05) is 6.92 Å². The van der Waals surface area contributed by atoms with Gasteiger partial charge < -0.3 is 15.2 Å². The van der Waals surface area contributed by atoms with E-state index in [0.29, 0.717) is 5.56 Å². The Morgan fingerprint density at radius 2 is 2.10 bits per heavy atom. The Hall–Kier alpha value is -1.62. The standard InChI is InChI=1S/C15H22FNO3/c1-5-15(3,4)17-14(19)10(2)20-13-7-11(9-18)6-12(16)8-13/h6-8,10,18H,5,9H2,1-4H3,(H,17,19). The van der Waals surface area contributed by atoms with Crippen molar-refractivity contribution in [1.82, 2.24) is 5.32 Å². The number of ether oxygens (including phenoxy) is 1. The highest BCUT2D eigenvalue weighted by Crippen LogP contribution is 2.18. The zero-order valence-corrected chi connectivity index (χ0v) is 12.4. The molecule has 0 radical (unpaired) electrons. The molecule has 4 nitrogen and oxygen atoms in total. The fourth-order valence-corrected chi connectivity index (χ4v) is 1.56. The first-order valence-electron chi connectivity index (χ1n) is 6.66. The third kappa shape index (κ3) is 4.81. The number of aliphatic hydroxyl groups excluding tert-OH is 1. The number of hydrogen-bond donors (Lipinski definition) is 2. The van der Waals surface area contributed by atoms with E-state index in [1.165, 1.54) is 18.2 Å². The molecule has 1 aromatic rings. The number of carbonyl (C=O) groups excluding carboxylic acids is 1. The average Bonchev–Trinajstić information content (AvgIpc) is 2.37. The number of amides is 1. The van der Waals surface area contributed by atoms with Gasteiger partial charge in [-0.25, -0.2) is 4.39 Å². The lowest BCUT2D eigenvalue weighted by molar-refractivity contribution is -0.129. The third-order valence-electron chi connectivity index (χ3n) is 3.14. The molecule has 0 aromatic heterocycles. The van der Waals surface area contributed by atoms with Gasteiger partial charge in [-0.2, -0.15) is 0 Å². The number of nitrogens with one attached hydrogen (secondary N) is 1. The molecule has 20 heavy (non-hydrogen) atoms. The minimum Gasteiger partial charge on any atom is -0.481 e. The summed E-state index contributed by atoms with van der Waals surface area (Å²) >= 11 is 0. The number of rotatable bonds is 6. The average molecular weight is 283 g/mol. The van der Waals surface area contributed by atoms with Crippen molar-refractivity contribution in [3.05, 3.63) is 29.6 Å². The van der Waals surface area contributed by atoms with Crippen LogP contribution in [0.2, 0.25) is 0 Å². The van der Waals surface area contributed by atoms with E-state index >= 15 is 0 Å². The number of halogens is 1. The van der Waals surface area contributed by atoms with Gasteiger partial charge in [0.25, 0.3) is 5.91 Å². The number of aliphatic hydroxyl groups is 1. The van der Waals surface area contributed by atoms with Crippen LogP contribution in [0.25, 0.3) is 0 Å². The zero-order valence-electron chi connectivity index (χ0n) is 12.4. The van der Waals surface area contributed by atoms with Gasteiger partial charge in [-0.3, -0.25) is 4.79 Å². The number of carbonyl (C=O) groups is 1. The van der Waals surface area contributed by atoms with E-state index < -0.39 is 11.9 Å². The molecule has 0 aliphatic heterocycles. The van der Waals surface area contributed by atoms with E-state index in [-0.39, 0.29) is 23.8 Å². The van der Waals surface area contributed by atoms with Crippen molar-refractivity contribution in [2.24, 2.45) is 0 Å². The lowest BCUT2D eigenvalue weighted by atomic mass is 10.0. The van der Waals surface area contributed by atoms with Gasteiger partial charge in [0.15, 0.2) is 6.10 Å². The topological polar surface area (TPSA) is 58.6 Å². The zero-order chi connectivity index (χ0) is 15.3. The Bertz CT molecular complexity index is 474. The van der Waals surface area contributed by atoms with Gasteiger partial charge in [0.1, 0.15) is 11.6 Å². The predicted molar refractivity (Wildman–Crippen MR) is 74.9 cm³/mol. The summed E-state index contributed by atoms with van der Waals surface area (Å²) in [5.74, 6) is -0.536. The van der Waals surface area contributed by atoms with Crippen molar-refractivity contribution in [2.45, 2.75) is 52.4 Å². The molecule has 1 amide bonds. The Kier molecular flexibility index (Phi) is 5.51. The molecule has 0 saturated carbocycles. The molecular formula is C15H22FNO3. The smallest absolute Gasteiger partial charge is 0.261 e. The summed E-state index contributed by atoms with van der Waals surface area (Å²) in [4.78, 5) is 12.0. The van der Waals surface area contributed by atoms with Crippen molar-refractivity contribution in [1.29, 1.82) is 0 Å². The van der Waals surface area contributed by atoms with Crippen molar-refractivity contribution >= 4 is 5.91 Å². The van der Waals surface area contributed by atoms with Crippen LogP contribution in [0.3, 0.4) is 0 Å². The maximum absolute atomic E-state index is 13.3. The van der Waals surface area contributed by atoms with Crippen LogP contribution in [0.15, 0.2) is 18.2 Å². The highest BCUT2D eigenvalue weighted by atomic mass is 19.1. The molecule has 5 heteroatoms. The Morgan fingerprint density at radius 1 is 1.45 bits per heavy atom. The molecule has 1 rings (SSSR count). The van der Waals surface area contributed by atoms with Gasteiger partial charge in [-0.05, 0) is 44.9 Å². The van der Waals surface area contributed by atoms with Gasteiger partial charge in [0.2, 0.25) is 0 Å². The third-order valence-corrected chi connectivity index (χ3v) is 3.14. The van der Waals surface area contributed by atoms with Gasteiger partial charge >= 0.3 is 0 Å². The molecule has 0 bridgehead atoms. The van der Waals surface area contributed by atoms with Crippen LogP contribution in [-0.2, 0) is 11.4 Å². The summed E-state index contributed by atoms with van der Waals surface area (Å²) in [6.07, 6.45) is 0.0502. The Labute approximate surface area is 119 Å². The van der Waals surface area contributed by atoms with Crippen LogP contribution in [0.4, 0.5) is 4.39 Å². The molecule has 0 aliphatic carbocycles. The minimum absolute atomic E-state index is 0.228. The van der Waals surface area contributed by atoms with Gasteiger partial charge in [0.05, 0.1) is 6.61 Å². The molecule has 112 valence electrons. The molecular weight excluding hydrogens is 261 g/mol. The number of benzene rings is 1. The highest BCUT2D eigenvalue weighted by Gasteiger charge is 2.23. The first-order valence-corrected chi connectivity index (χ1v) is 6.66. The summed E-state index contributed by atoms with van der Waals surface area (Å²) < 4.78 is 18.7. The van der Waals surface area contributed by atoms with Crippen molar-refractivity contribution < 1.29 is 19.0 Å². The summed E-state index contributed by atoms with van der Waals surface area (Å²) in [6, 6.07) is 3.92. The van der Waals surface area contributed by atoms with Crippen LogP contribution >= 0.6 is 0 Å². The van der Waals surface area contributed by atoms with Crippen molar-refractivity contribution in [3.8, 4) is 5.75 Å². The minimum atomic E-state index is -0.742. The summed E-state index contributed by atoms with van der Waals surface area (Å²) in [7, 11) is 0. The summed E-state index contributed by atoms with van der Waals surface area (Å²) in [5.41, 5.74) is 0.0916. The second-order valence-corrected chi connectivity index (χ2v) is 5.44. The highest BCUT2D eigenvalue weighted by molar-refractivity contribution is 5.81. The molecule has 0 fully saturated rings. The maximum Gasteiger partial charge on any atom is 0.261 e. The van der Waals surface area contributed by atoms with E-state index in [9.17, 15) is 9.18 Å². The molecule has 0 aliphatic rings. The first kappa shape index (κ1) is 16.4. The lowest BCUT2D eigenvalue weighted by Gasteiger charge is -2.26. The van der Waals surface area contributed by atoms with E-state index in [2.05, 4.69) is 5.32 Å². The van der Waals surface area contributed by atoms with E-state index in [1.807, 2.05) is 20.8 Å². The van der Waals surface area contributed by atoms with Gasteiger partial charge in [0, 0.05) is 11.6 Å². The second-order valence-electron chi connectivity index (χ2n) is 5.44. The van der Waals surface area contributed by atoms with Crippen LogP contribution in [0, 0.1) is 5.82 Å². The molecule has 0 saturated heterocycles. The fraction of sp³-hybridized carbons (Fsp3) is 0.533. The Balaban J connectivity index is 2.73. The van der Waals surface area contributed by atoms with Crippen molar-refractivity contribution in [3.63, 3.8) is 0 Å². The van der Waals surface area contributed by atoms with E-state index in [1.54, 1.807) is 6.92 Å². The molecule has 0 heterocycles. The lowest BCUT2D eigenvalue weighted by Crippen LogP contribution is -2.48. The monoisotopic (exact) mass is 283 g/mol. The van der Waals surface area contributed by atoms with E-state index in [0.717, 1.165) is 6.42 Å². The molecule has 2 N–H and O–H groups in total. The van der Waals surface area contributed by atoms with Crippen LogP contribution in [-0.4, -0.2) is 22.7 Å². The van der Waals surface area contributed by atoms with Crippen molar-refractivity contribution in [2.75, 3.05) is 0 Å². The van der Waals surface area contributed by atoms with E-state index in [4.69, 9.17) is 9.84 Å². The first-order chi connectivity index (χ1) is 9.27. The molecule has 1 atom stereocenters. The summed E-state index contributed by atoms with van der Waals surface area (Å²) in [5, 5.41) is 11.9. The van der Waals surface area contributed by atoms with Gasteiger partial charge in [-0.15, -0.1) is 0 Å².